The van der Waals surface area contributed by atoms with E-state index in [9.17, 15) is 24.6 Å². The molecule has 1 aliphatic rings. The summed E-state index contributed by atoms with van der Waals surface area (Å²) in [4.78, 5) is 41.9. The molecule has 220 valence electrons. The molecule has 2 aromatic carbocycles. The number of fused-ring (bicyclic) bond motifs is 1. The summed E-state index contributed by atoms with van der Waals surface area (Å²) in [6.07, 6.45) is 1.76. The number of carbonyl (C=O) groups is 3. The lowest BCUT2D eigenvalue weighted by atomic mass is 9.86. The van der Waals surface area contributed by atoms with Gasteiger partial charge in [0.15, 0.2) is 0 Å². The van der Waals surface area contributed by atoms with Crippen molar-refractivity contribution >= 4 is 28.5 Å². The Morgan fingerprint density at radius 3 is 2.48 bits per heavy atom. The Bertz CT molecular complexity index is 1150. The van der Waals surface area contributed by atoms with Gasteiger partial charge in [-0.3, -0.25) is 14.4 Å². The van der Waals surface area contributed by atoms with Crippen molar-refractivity contribution in [3.05, 3.63) is 48.0 Å². The van der Waals surface area contributed by atoms with Crippen molar-refractivity contribution in [1.29, 1.82) is 0 Å². The minimum atomic E-state index is -0.882. The highest BCUT2D eigenvalue weighted by molar-refractivity contribution is 5.93. The molecule has 0 aliphatic carbocycles. The van der Waals surface area contributed by atoms with Gasteiger partial charge in [0.05, 0.1) is 12.2 Å². The fraction of sp³-hybridized carbons (Fsp3) is 0.581. The van der Waals surface area contributed by atoms with Crippen molar-refractivity contribution < 1.29 is 24.6 Å². The molecular formula is C31H46N4O5. The van der Waals surface area contributed by atoms with Crippen molar-refractivity contribution in [1.82, 2.24) is 20.9 Å². The summed E-state index contributed by atoms with van der Waals surface area (Å²) in [6.45, 7) is 8.58. The Morgan fingerprint density at radius 1 is 1.05 bits per heavy atom. The van der Waals surface area contributed by atoms with Crippen LogP contribution in [0.15, 0.2) is 42.5 Å². The maximum Gasteiger partial charge on any atom is 0.243 e. The molecule has 3 rings (SSSR count). The van der Waals surface area contributed by atoms with E-state index in [2.05, 4.69) is 16.0 Å². The van der Waals surface area contributed by atoms with Crippen molar-refractivity contribution in [3.63, 3.8) is 0 Å². The predicted octanol–water partition coefficient (Wildman–Crippen LogP) is 2.13. The molecule has 1 heterocycles. The van der Waals surface area contributed by atoms with E-state index in [0.29, 0.717) is 19.5 Å². The Hall–Kier alpha value is -3.01. The molecule has 4 unspecified atom stereocenters. The van der Waals surface area contributed by atoms with Gasteiger partial charge in [-0.1, -0.05) is 69.7 Å². The lowest BCUT2D eigenvalue weighted by Crippen LogP contribution is -2.56. The Morgan fingerprint density at radius 2 is 1.77 bits per heavy atom. The number of aliphatic hydroxyl groups excluding tert-OH is 2. The third-order valence-corrected chi connectivity index (χ3v) is 7.49. The van der Waals surface area contributed by atoms with Crippen molar-refractivity contribution in [2.45, 2.75) is 84.1 Å². The van der Waals surface area contributed by atoms with Crippen LogP contribution in [-0.2, 0) is 20.8 Å². The molecule has 0 spiro atoms. The second-order valence-corrected chi connectivity index (χ2v) is 11.6. The standard InChI is InChI=1S/C31H46N4O5/c1-5-14-31(3,4)30(40)35-15-8-11-27(35)29(39)34-26(28(38)33-20-25(37)19-32-18-21(2)36)17-22-12-13-23-9-6-7-10-24(23)16-22/h6-7,9-10,12-13,16,21,25-27,32,36-37H,5,8,11,14-15,17-20H2,1-4H3,(H,33,38)(H,34,39). The van der Waals surface area contributed by atoms with Gasteiger partial charge < -0.3 is 31.1 Å². The number of carbonyl (C=O) groups excluding carboxylic acids is 3. The highest BCUT2D eigenvalue weighted by atomic mass is 16.3. The molecule has 0 radical (unpaired) electrons. The van der Waals surface area contributed by atoms with Crippen LogP contribution in [0.25, 0.3) is 10.8 Å². The first-order valence-electron chi connectivity index (χ1n) is 14.5. The molecule has 9 nitrogen and oxygen atoms in total. The SMILES string of the molecule is CCCC(C)(C)C(=O)N1CCCC1C(=O)NC(Cc1ccc2ccccc2c1)C(=O)NCC(O)CNCC(C)O. The predicted molar refractivity (Wildman–Crippen MR) is 157 cm³/mol. The van der Waals surface area contributed by atoms with E-state index < -0.39 is 35.6 Å². The second-order valence-electron chi connectivity index (χ2n) is 11.6. The number of hydrogen-bond donors (Lipinski definition) is 5. The Balaban J connectivity index is 1.73. The summed E-state index contributed by atoms with van der Waals surface area (Å²) in [7, 11) is 0. The van der Waals surface area contributed by atoms with Crippen LogP contribution in [0.3, 0.4) is 0 Å². The lowest BCUT2D eigenvalue weighted by molar-refractivity contribution is -0.146. The van der Waals surface area contributed by atoms with E-state index >= 15 is 0 Å². The minimum absolute atomic E-state index is 0.00498. The molecule has 9 heteroatoms. The number of amides is 3. The maximum absolute atomic E-state index is 13.5. The normalized spacial score (nSPS) is 17.9. The molecule has 5 N–H and O–H groups in total. The van der Waals surface area contributed by atoms with E-state index in [-0.39, 0.29) is 31.3 Å². The van der Waals surface area contributed by atoms with E-state index in [1.54, 1.807) is 11.8 Å². The molecule has 3 amide bonds. The first-order chi connectivity index (χ1) is 19.0. The molecule has 1 fully saturated rings. The number of nitrogens with zero attached hydrogens (tertiary/aromatic N) is 1. The maximum atomic E-state index is 13.5. The molecule has 4 atom stereocenters. The van der Waals surface area contributed by atoms with Gasteiger partial charge in [-0.2, -0.15) is 0 Å². The second kappa shape index (κ2) is 14.6. The molecule has 1 saturated heterocycles. The smallest absolute Gasteiger partial charge is 0.243 e. The Labute approximate surface area is 237 Å². The van der Waals surface area contributed by atoms with Crippen LogP contribution >= 0.6 is 0 Å². The average Bonchev–Trinajstić information content (AvgIpc) is 3.40. The lowest BCUT2D eigenvalue weighted by Gasteiger charge is -2.33. The van der Waals surface area contributed by atoms with Gasteiger partial charge in [0.1, 0.15) is 12.1 Å². The van der Waals surface area contributed by atoms with Crippen LogP contribution in [0.5, 0.6) is 0 Å². The minimum Gasteiger partial charge on any atom is -0.392 e. The number of nitrogens with one attached hydrogen (secondary N) is 3. The van der Waals surface area contributed by atoms with Gasteiger partial charge in [-0.15, -0.1) is 0 Å². The van der Waals surface area contributed by atoms with E-state index in [0.717, 1.165) is 35.6 Å². The molecule has 1 aliphatic heterocycles. The molecular weight excluding hydrogens is 508 g/mol. The Kier molecular flexibility index (Phi) is 11.5. The van der Waals surface area contributed by atoms with Crippen LogP contribution in [0, 0.1) is 5.41 Å². The molecule has 0 saturated carbocycles. The zero-order valence-corrected chi connectivity index (χ0v) is 24.3. The van der Waals surface area contributed by atoms with Crippen LogP contribution in [0.2, 0.25) is 0 Å². The zero-order valence-electron chi connectivity index (χ0n) is 24.3. The molecule has 0 bridgehead atoms. The summed E-state index contributed by atoms with van der Waals surface area (Å²) < 4.78 is 0. The van der Waals surface area contributed by atoms with Crippen LogP contribution < -0.4 is 16.0 Å². The number of benzene rings is 2. The molecule has 0 aromatic heterocycles. The number of rotatable bonds is 14. The van der Waals surface area contributed by atoms with E-state index in [4.69, 9.17) is 0 Å². The first-order valence-corrected chi connectivity index (χ1v) is 14.5. The van der Waals surface area contributed by atoms with Gasteiger partial charge >= 0.3 is 0 Å². The van der Waals surface area contributed by atoms with Crippen LogP contribution in [0.4, 0.5) is 0 Å². The summed E-state index contributed by atoms with van der Waals surface area (Å²) >= 11 is 0. The average molecular weight is 555 g/mol. The van der Waals surface area contributed by atoms with Gasteiger partial charge in [-0.25, -0.2) is 0 Å². The monoisotopic (exact) mass is 554 g/mol. The quantitative estimate of drug-likeness (QED) is 0.243. The number of likely N-dealkylation sites (tertiary alicyclic amines) is 1. The summed E-state index contributed by atoms with van der Waals surface area (Å²) in [5, 5.41) is 30.4. The summed E-state index contributed by atoms with van der Waals surface area (Å²) in [5.74, 6) is -0.771. The van der Waals surface area contributed by atoms with Crippen LogP contribution in [0.1, 0.15) is 58.9 Å². The fourth-order valence-corrected chi connectivity index (χ4v) is 5.35. The third-order valence-electron chi connectivity index (χ3n) is 7.49. The van der Waals surface area contributed by atoms with Gasteiger partial charge in [0.2, 0.25) is 17.7 Å². The topological polar surface area (TPSA) is 131 Å². The number of aliphatic hydroxyl groups is 2. The van der Waals surface area contributed by atoms with Crippen molar-refractivity contribution in [2.24, 2.45) is 5.41 Å². The third kappa shape index (κ3) is 8.74. The van der Waals surface area contributed by atoms with E-state index in [1.165, 1.54) is 0 Å². The zero-order chi connectivity index (χ0) is 29.3. The summed E-state index contributed by atoms with van der Waals surface area (Å²) in [5.41, 5.74) is 0.332. The number of hydrogen-bond acceptors (Lipinski definition) is 6. The first kappa shape index (κ1) is 31.5. The molecule has 2 aromatic rings. The van der Waals surface area contributed by atoms with Gasteiger partial charge in [-0.05, 0) is 42.5 Å². The van der Waals surface area contributed by atoms with Gasteiger partial charge in [0, 0.05) is 38.0 Å². The van der Waals surface area contributed by atoms with Crippen LogP contribution in [-0.4, -0.2) is 83.3 Å². The van der Waals surface area contributed by atoms with Crippen molar-refractivity contribution in [2.75, 3.05) is 26.2 Å². The highest BCUT2D eigenvalue weighted by Crippen LogP contribution is 2.30. The van der Waals surface area contributed by atoms with Crippen molar-refractivity contribution in [3.8, 4) is 0 Å². The fourth-order valence-electron chi connectivity index (χ4n) is 5.35. The highest BCUT2D eigenvalue weighted by Gasteiger charge is 2.41. The van der Waals surface area contributed by atoms with E-state index in [1.807, 2.05) is 63.2 Å². The largest absolute Gasteiger partial charge is 0.392 e. The molecule has 40 heavy (non-hydrogen) atoms. The van der Waals surface area contributed by atoms with Gasteiger partial charge in [0.25, 0.3) is 0 Å². The summed E-state index contributed by atoms with van der Waals surface area (Å²) in [6, 6.07) is 12.4.